The normalized spacial score (nSPS) is 14.1. The Morgan fingerprint density at radius 2 is 2.00 bits per heavy atom. The first-order valence-corrected chi connectivity index (χ1v) is 10.9. The fourth-order valence-electron chi connectivity index (χ4n) is 3.90. The van der Waals surface area contributed by atoms with Gasteiger partial charge in [0.15, 0.2) is 5.82 Å². The van der Waals surface area contributed by atoms with Crippen LogP contribution in [0.1, 0.15) is 5.56 Å². The predicted molar refractivity (Wildman–Crippen MR) is 124 cm³/mol. The van der Waals surface area contributed by atoms with Gasteiger partial charge in [0.05, 0.1) is 19.4 Å². The summed E-state index contributed by atoms with van der Waals surface area (Å²) in [6.45, 7) is 4.02. The molecule has 2 N–H and O–H groups in total. The Hall–Kier alpha value is -3.23. The fraction of sp³-hybridized carbons (Fsp3) is 0.261. The third-order valence-electron chi connectivity index (χ3n) is 5.49. The maximum Gasteiger partial charge on any atom is 0.164 e. The number of pyridine rings is 1. The molecule has 0 amide bonds. The maximum absolute atomic E-state index is 13.5. The van der Waals surface area contributed by atoms with E-state index in [-0.39, 0.29) is 5.15 Å². The smallest absolute Gasteiger partial charge is 0.164 e. The molecule has 0 aliphatic carbocycles. The summed E-state index contributed by atoms with van der Waals surface area (Å²) in [5.41, 5.74) is 4.02. The van der Waals surface area contributed by atoms with Crippen molar-refractivity contribution < 1.29 is 9.13 Å². The molecule has 0 radical (unpaired) electrons. The standard InChI is InChI=1S/C23H22ClFN6O/c24-21-11-22(30-23(29-21)16-9-17(25)14-26-12-16)27-4-3-15-13-28-20-10-18(1-2-19(15)20)31-5-7-32-8-6-31/h1-2,9-14,28H,3-8H2,(H,27,29,30). The van der Waals surface area contributed by atoms with Crippen LogP contribution < -0.4 is 10.2 Å². The molecule has 9 heteroatoms. The number of aromatic amines is 1. The highest BCUT2D eigenvalue weighted by Gasteiger charge is 2.13. The van der Waals surface area contributed by atoms with Crippen LogP contribution in [-0.2, 0) is 11.2 Å². The molecule has 7 nitrogen and oxygen atoms in total. The molecule has 0 bridgehead atoms. The highest BCUT2D eigenvalue weighted by Crippen LogP contribution is 2.26. The van der Waals surface area contributed by atoms with Crippen LogP contribution in [0.2, 0.25) is 5.15 Å². The van der Waals surface area contributed by atoms with Crippen molar-refractivity contribution in [1.82, 2.24) is 19.9 Å². The molecule has 0 unspecified atom stereocenters. The summed E-state index contributed by atoms with van der Waals surface area (Å²) in [5, 5.41) is 4.78. The number of aromatic nitrogens is 4. The van der Waals surface area contributed by atoms with Gasteiger partial charge in [-0.05, 0) is 30.2 Å². The maximum atomic E-state index is 13.5. The Morgan fingerprint density at radius 3 is 2.84 bits per heavy atom. The summed E-state index contributed by atoms with van der Waals surface area (Å²) in [4.78, 5) is 18.2. The largest absolute Gasteiger partial charge is 0.378 e. The summed E-state index contributed by atoms with van der Waals surface area (Å²) >= 11 is 6.15. The van der Waals surface area contributed by atoms with E-state index in [2.05, 4.69) is 48.4 Å². The number of H-pyrrole nitrogens is 1. The first-order valence-electron chi connectivity index (χ1n) is 10.5. The van der Waals surface area contributed by atoms with Crippen LogP contribution in [0.5, 0.6) is 0 Å². The van der Waals surface area contributed by atoms with Crippen LogP contribution in [0.4, 0.5) is 15.9 Å². The fourth-order valence-corrected chi connectivity index (χ4v) is 4.08. The van der Waals surface area contributed by atoms with Crippen LogP contribution in [0.3, 0.4) is 0 Å². The minimum Gasteiger partial charge on any atom is -0.378 e. The zero-order valence-corrected chi connectivity index (χ0v) is 18.1. The number of rotatable bonds is 6. The van der Waals surface area contributed by atoms with Crippen molar-refractivity contribution in [2.24, 2.45) is 0 Å². The lowest BCUT2D eigenvalue weighted by Gasteiger charge is -2.28. The van der Waals surface area contributed by atoms with E-state index in [1.54, 1.807) is 6.07 Å². The van der Waals surface area contributed by atoms with Gasteiger partial charge >= 0.3 is 0 Å². The van der Waals surface area contributed by atoms with Crippen LogP contribution in [0, 0.1) is 5.82 Å². The van der Waals surface area contributed by atoms with Crippen molar-refractivity contribution in [2.45, 2.75) is 6.42 Å². The molecule has 5 rings (SSSR count). The van der Waals surface area contributed by atoms with Crippen molar-refractivity contribution in [2.75, 3.05) is 43.1 Å². The zero-order chi connectivity index (χ0) is 21.9. The lowest BCUT2D eigenvalue weighted by Crippen LogP contribution is -2.36. The molecule has 1 aromatic carbocycles. The topological polar surface area (TPSA) is 79.0 Å². The van der Waals surface area contributed by atoms with Gasteiger partial charge in [0.2, 0.25) is 0 Å². The number of halogens is 2. The molecule has 164 valence electrons. The summed E-state index contributed by atoms with van der Waals surface area (Å²) in [5.74, 6) is 0.463. The van der Waals surface area contributed by atoms with Crippen LogP contribution in [0.25, 0.3) is 22.3 Å². The van der Waals surface area contributed by atoms with Gasteiger partial charge in [0.1, 0.15) is 16.8 Å². The second-order valence-corrected chi connectivity index (χ2v) is 8.00. The molecule has 1 aliphatic rings. The van der Waals surface area contributed by atoms with Crippen LogP contribution in [-0.4, -0.2) is 52.8 Å². The summed E-state index contributed by atoms with van der Waals surface area (Å²) in [7, 11) is 0. The zero-order valence-electron chi connectivity index (χ0n) is 17.3. The Balaban J connectivity index is 1.27. The monoisotopic (exact) mass is 452 g/mol. The van der Waals surface area contributed by atoms with Crippen molar-refractivity contribution in [3.8, 4) is 11.4 Å². The molecule has 0 atom stereocenters. The number of morpholine rings is 1. The van der Waals surface area contributed by atoms with Crippen molar-refractivity contribution in [1.29, 1.82) is 0 Å². The number of anilines is 2. The van der Waals surface area contributed by atoms with Gasteiger partial charge in [-0.1, -0.05) is 17.7 Å². The molecule has 4 aromatic rings. The molecule has 1 fully saturated rings. The van der Waals surface area contributed by atoms with Crippen LogP contribution >= 0.6 is 11.6 Å². The highest BCUT2D eigenvalue weighted by molar-refractivity contribution is 6.29. The average Bonchev–Trinajstić information content (AvgIpc) is 3.21. The van der Waals surface area contributed by atoms with E-state index < -0.39 is 5.82 Å². The van der Waals surface area contributed by atoms with E-state index in [1.165, 1.54) is 28.9 Å². The van der Waals surface area contributed by atoms with Gasteiger partial charge in [-0.3, -0.25) is 4.98 Å². The SMILES string of the molecule is Fc1cncc(-c2nc(Cl)cc(NCCc3c[nH]c4cc(N5CCOCC5)ccc34)n2)c1. The second-order valence-electron chi connectivity index (χ2n) is 7.61. The third-order valence-corrected chi connectivity index (χ3v) is 5.68. The molecule has 0 spiro atoms. The molecule has 0 saturated carbocycles. The Labute approximate surface area is 189 Å². The minimum absolute atomic E-state index is 0.282. The van der Waals surface area contributed by atoms with Crippen molar-refractivity contribution in [3.05, 3.63) is 65.5 Å². The van der Waals surface area contributed by atoms with E-state index in [0.29, 0.717) is 23.8 Å². The quantitative estimate of drug-likeness (QED) is 0.424. The minimum atomic E-state index is -0.448. The first kappa shape index (κ1) is 20.7. The molecule has 3 aromatic heterocycles. The number of fused-ring (bicyclic) bond motifs is 1. The number of nitrogens with zero attached hydrogens (tertiary/aromatic N) is 4. The number of nitrogens with one attached hydrogen (secondary N) is 2. The highest BCUT2D eigenvalue weighted by atomic mass is 35.5. The van der Waals surface area contributed by atoms with Crippen molar-refractivity contribution in [3.63, 3.8) is 0 Å². The number of hydrogen-bond acceptors (Lipinski definition) is 6. The number of hydrogen-bond donors (Lipinski definition) is 2. The molecular formula is C23H22ClFN6O. The predicted octanol–water partition coefficient (Wildman–Crippen LogP) is 4.30. The Kier molecular flexibility index (Phi) is 5.87. The van der Waals surface area contributed by atoms with E-state index >= 15 is 0 Å². The van der Waals surface area contributed by atoms with Crippen LogP contribution in [0.15, 0.2) is 48.9 Å². The molecule has 1 aliphatic heterocycles. The second kappa shape index (κ2) is 9.10. The Bertz CT molecular complexity index is 1240. The lowest BCUT2D eigenvalue weighted by molar-refractivity contribution is 0.122. The van der Waals surface area contributed by atoms with E-state index in [0.717, 1.165) is 44.4 Å². The van der Waals surface area contributed by atoms with Gasteiger partial charge in [0, 0.05) is 60.2 Å². The summed E-state index contributed by atoms with van der Waals surface area (Å²) < 4.78 is 18.9. The van der Waals surface area contributed by atoms with Crippen molar-refractivity contribution >= 4 is 34.0 Å². The summed E-state index contributed by atoms with van der Waals surface area (Å²) in [6, 6.07) is 9.52. The van der Waals surface area contributed by atoms with E-state index in [1.807, 2.05) is 6.20 Å². The Morgan fingerprint density at radius 1 is 1.12 bits per heavy atom. The van der Waals surface area contributed by atoms with E-state index in [9.17, 15) is 4.39 Å². The lowest BCUT2D eigenvalue weighted by atomic mass is 10.1. The molecule has 1 saturated heterocycles. The summed E-state index contributed by atoms with van der Waals surface area (Å²) in [6.07, 6.45) is 5.50. The van der Waals surface area contributed by atoms with Gasteiger partial charge in [-0.25, -0.2) is 14.4 Å². The number of ether oxygens (including phenoxy) is 1. The first-order chi connectivity index (χ1) is 15.7. The average molecular weight is 453 g/mol. The van der Waals surface area contributed by atoms with Gasteiger partial charge in [-0.2, -0.15) is 0 Å². The van der Waals surface area contributed by atoms with Gasteiger partial charge < -0.3 is 19.9 Å². The molecule has 4 heterocycles. The molecule has 32 heavy (non-hydrogen) atoms. The van der Waals surface area contributed by atoms with Gasteiger partial charge in [0.25, 0.3) is 0 Å². The third kappa shape index (κ3) is 4.51. The van der Waals surface area contributed by atoms with Gasteiger partial charge in [-0.15, -0.1) is 0 Å². The number of benzene rings is 1. The molecular weight excluding hydrogens is 431 g/mol. The van der Waals surface area contributed by atoms with E-state index in [4.69, 9.17) is 16.3 Å².